The van der Waals surface area contributed by atoms with Crippen LogP contribution in [-0.4, -0.2) is 22.0 Å². The molecule has 6 nitrogen and oxygen atoms in total. The number of nitrogens with one attached hydrogen (secondary N) is 1. The number of carbonyl (C=O) groups is 2. The van der Waals surface area contributed by atoms with Crippen LogP contribution in [0.15, 0.2) is 45.8 Å². The van der Waals surface area contributed by atoms with Crippen molar-refractivity contribution in [1.29, 1.82) is 0 Å². The molecule has 2 rings (SSSR count). The van der Waals surface area contributed by atoms with E-state index in [1.54, 1.807) is 12.1 Å². The van der Waals surface area contributed by atoms with Crippen LogP contribution in [0.3, 0.4) is 0 Å². The van der Waals surface area contributed by atoms with Gasteiger partial charge in [0.1, 0.15) is 5.76 Å². The zero-order valence-electron chi connectivity index (χ0n) is 10.0. The molecule has 0 aliphatic carbocycles. The fraction of sp³-hybridized carbons (Fsp3) is 0. The highest BCUT2D eigenvalue weighted by molar-refractivity contribution is 9.10. The lowest BCUT2D eigenvalue weighted by Gasteiger charge is -2.02. The molecule has 0 unspecified atom stereocenters. The number of carboxylic acids is 1. The van der Waals surface area contributed by atoms with Crippen LogP contribution in [0, 0.1) is 0 Å². The summed E-state index contributed by atoms with van der Waals surface area (Å²) in [6.07, 6.45) is 5.34. The molecule has 0 fully saturated rings. The largest absolute Gasteiger partial charge is 0.478 e. The average Bonchev–Trinajstić information content (AvgIpc) is 2.82. The summed E-state index contributed by atoms with van der Waals surface area (Å²) in [7, 11) is 0. The van der Waals surface area contributed by atoms with Crippen molar-refractivity contribution in [3.8, 4) is 0 Å². The van der Waals surface area contributed by atoms with Crippen LogP contribution in [0.2, 0.25) is 0 Å². The highest BCUT2D eigenvalue weighted by Crippen LogP contribution is 2.15. The number of anilines is 1. The lowest BCUT2D eigenvalue weighted by Crippen LogP contribution is -2.09. The molecule has 0 spiro atoms. The van der Waals surface area contributed by atoms with E-state index >= 15 is 0 Å². The summed E-state index contributed by atoms with van der Waals surface area (Å²) in [5, 5.41) is 11.3. The van der Waals surface area contributed by atoms with Crippen LogP contribution in [0.25, 0.3) is 6.08 Å². The van der Waals surface area contributed by atoms with Gasteiger partial charge in [0.15, 0.2) is 4.67 Å². The van der Waals surface area contributed by atoms with Gasteiger partial charge in [-0.2, -0.15) is 0 Å². The van der Waals surface area contributed by atoms with Crippen LogP contribution in [0.4, 0.5) is 5.69 Å². The van der Waals surface area contributed by atoms with E-state index in [0.29, 0.717) is 16.1 Å². The highest BCUT2D eigenvalue weighted by atomic mass is 79.9. The second kappa shape index (κ2) is 6.16. The normalized spacial score (nSPS) is 10.7. The van der Waals surface area contributed by atoms with Crippen LogP contribution < -0.4 is 5.32 Å². The van der Waals surface area contributed by atoms with Crippen molar-refractivity contribution in [1.82, 2.24) is 4.98 Å². The number of amides is 1. The van der Waals surface area contributed by atoms with E-state index in [0.717, 1.165) is 0 Å². The summed E-state index contributed by atoms with van der Waals surface area (Å²) in [4.78, 5) is 26.2. The highest BCUT2D eigenvalue weighted by Gasteiger charge is 2.05. The molecular formula is C13H9BrN2O4. The predicted molar refractivity (Wildman–Crippen MR) is 75.3 cm³/mol. The number of halogens is 1. The molecular weight excluding hydrogens is 328 g/mol. The summed E-state index contributed by atoms with van der Waals surface area (Å²) in [5.41, 5.74) is 0.307. The minimum atomic E-state index is -1.11. The van der Waals surface area contributed by atoms with E-state index in [4.69, 9.17) is 9.52 Å². The minimum absolute atomic E-state index is 0.00162. The molecule has 102 valence electrons. The van der Waals surface area contributed by atoms with E-state index in [1.165, 1.54) is 30.6 Å². The zero-order valence-corrected chi connectivity index (χ0v) is 11.6. The van der Waals surface area contributed by atoms with E-state index in [9.17, 15) is 9.59 Å². The first-order chi connectivity index (χ1) is 9.54. The average molecular weight is 337 g/mol. The Morgan fingerprint density at radius 1 is 1.35 bits per heavy atom. The van der Waals surface area contributed by atoms with E-state index < -0.39 is 11.9 Å². The van der Waals surface area contributed by atoms with Gasteiger partial charge in [-0.3, -0.25) is 9.78 Å². The molecule has 0 aromatic carbocycles. The van der Waals surface area contributed by atoms with E-state index in [-0.39, 0.29) is 5.56 Å². The Hall–Kier alpha value is -2.41. The van der Waals surface area contributed by atoms with E-state index in [2.05, 4.69) is 26.2 Å². The van der Waals surface area contributed by atoms with Gasteiger partial charge in [-0.05, 0) is 40.2 Å². The minimum Gasteiger partial charge on any atom is -0.478 e. The van der Waals surface area contributed by atoms with Crippen molar-refractivity contribution in [2.45, 2.75) is 0 Å². The number of carboxylic acid groups (broad SMARTS) is 1. The number of hydrogen-bond acceptors (Lipinski definition) is 4. The number of rotatable bonds is 4. The van der Waals surface area contributed by atoms with Crippen molar-refractivity contribution in [3.05, 3.63) is 52.7 Å². The first-order valence-electron chi connectivity index (χ1n) is 5.47. The SMILES string of the molecule is O=C(C=Cc1ccc(Br)o1)Nc1cncc(C(=O)O)c1. The third-order valence-electron chi connectivity index (χ3n) is 2.25. The van der Waals surface area contributed by atoms with Crippen molar-refractivity contribution >= 4 is 39.6 Å². The van der Waals surface area contributed by atoms with Crippen molar-refractivity contribution in [2.24, 2.45) is 0 Å². The molecule has 20 heavy (non-hydrogen) atoms. The third-order valence-corrected chi connectivity index (χ3v) is 2.67. The Morgan fingerprint density at radius 3 is 2.80 bits per heavy atom. The van der Waals surface area contributed by atoms with Gasteiger partial charge < -0.3 is 14.8 Å². The Balaban J connectivity index is 2.02. The number of carbonyl (C=O) groups excluding carboxylic acids is 1. The molecule has 0 aliphatic rings. The maximum absolute atomic E-state index is 11.6. The molecule has 2 heterocycles. The Bertz CT molecular complexity index is 679. The van der Waals surface area contributed by atoms with Crippen LogP contribution in [0.1, 0.15) is 16.1 Å². The monoisotopic (exact) mass is 336 g/mol. The maximum atomic E-state index is 11.6. The van der Waals surface area contributed by atoms with Gasteiger partial charge >= 0.3 is 5.97 Å². The number of hydrogen-bond donors (Lipinski definition) is 2. The van der Waals surface area contributed by atoms with E-state index in [1.807, 2.05) is 0 Å². The second-order valence-corrected chi connectivity index (χ2v) is 4.51. The summed E-state index contributed by atoms with van der Waals surface area (Å²) in [5.74, 6) is -1.00. The number of furan rings is 1. The Morgan fingerprint density at radius 2 is 2.15 bits per heavy atom. The van der Waals surface area contributed by atoms with Gasteiger partial charge in [0.25, 0.3) is 0 Å². The fourth-order valence-electron chi connectivity index (χ4n) is 1.38. The first kappa shape index (κ1) is 14.0. The number of nitrogens with zero attached hydrogens (tertiary/aromatic N) is 1. The third kappa shape index (κ3) is 3.79. The lowest BCUT2D eigenvalue weighted by molar-refractivity contribution is -0.111. The molecule has 0 bridgehead atoms. The molecule has 2 aromatic rings. The number of aromatic nitrogens is 1. The van der Waals surface area contributed by atoms with Crippen molar-refractivity contribution < 1.29 is 19.1 Å². The van der Waals surface area contributed by atoms with Gasteiger partial charge in [-0.1, -0.05) is 0 Å². The van der Waals surface area contributed by atoms with Gasteiger partial charge in [0, 0.05) is 12.3 Å². The number of aromatic carboxylic acids is 1. The Labute approximate surface area is 122 Å². The maximum Gasteiger partial charge on any atom is 0.337 e. The smallest absolute Gasteiger partial charge is 0.337 e. The van der Waals surface area contributed by atoms with Crippen LogP contribution >= 0.6 is 15.9 Å². The standard InChI is InChI=1S/C13H9BrN2O4/c14-11-3-1-10(20-11)2-4-12(17)16-9-5-8(13(18)19)6-15-7-9/h1-7H,(H,16,17)(H,18,19). The van der Waals surface area contributed by atoms with Crippen LogP contribution in [0.5, 0.6) is 0 Å². The summed E-state index contributed by atoms with van der Waals surface area (Å²) < 4.78 is 5.76. The molecule has 0 atom stereocenters. The molecule has 7 heteroatoms. The topological polar surface area (TPSA) is 92.4 Å². The molecule has 0 saturated heterocycles. The summed E-state index contributed by atoms with van der Waals surface area (Å²) >= 11 is 3.15. The van der Waals surface area contributed by atoms with Crippen molar-refractivity contribution in [3.63, 3.8) is 0 Å². The molecule has 2 aromatic heterocycles. The first-order valence-corrected chi connectivity index (χ1v) is 6.26. The second-order valence-electron chi connectivity index (χ2n) is 3.73. The fourth-order valence-corrected chi connectivity index (χ4v) is 1.70. The molecule has 0 aliphatic heterocycles. The van der Waals surface area contributed by atoms with Gasteiger partial charge in [-0.25, -0.2) is 4.79 Å². The van der Waals surface area contributed by atoms with Crippen molar-refractivity contribution in [2.75, 3.05) is 5.32 Å². The Kier molecular flexibility index (Phi) is 4.31. The lowest BCUT2D eigenvalue weighted by atomic mass is 10.2. The van der Waals surface area contributed by atoms with Gasteiger partial charge in [0.05, 0.1) is 17.4 Å². The number of pyridine rings is 1. The summed E-state index contributed by atoms with van der Waals surface area (Å²) in [6, 6.07) is 4.73. The van der Waals surface area contributed by atoms with Gasteiger partial charge in [0.2, 0.25) is 5.91 Å². The molecule has 1 amide bonds. The summed E-state index contributed by atoms with van der Waals surface area (Å²) in [6.45, 7) is 0. The molecule has 2 N–H and O–H groups in total. The van der Waals surface area contributed by atoms with Gasteiger partial charge in [-0.15, -0.1) is 0 Å². The van der Waals surface area contributed by atoms with Crippen LogP contribution in [-0.2, 0) is 4.79 Å². The quantitative estimate of drug-likeness (QED) is 0.837. The molecule has 0 radical (unpaired) electrons. The predicted octanol–water partition coefficient (Wildman–Crippen LogP) is 2.79. The molecule has 0 saturated carbocycles. The zero-order chi connectivity index (χ0) is 14.5.